The number of hydrogen-bond acceptors (Lipinski definition) is 4. The van der Waals surface area contributed by atoms with E-state index in [0.717, 1.165) is 0 Å². The largest absolute Gasteiger partial charge is 0.435 e. The maximum Gasteiger partial charge on any atom is 0.387 e. The SMILES string of the molecule is Cc1nn(C(C)(C)C)c(C)c1S(=O)(=O)NC(C)c1ccc(OC(F)F)cc1. The summed E-state index contributed by atoms with van der Waals surface area (Å²) < 4.78 is 58.9. The summed E-state index contributed by atoms with van der Waals surface area (Å²) in [5, 5.41) is 4.38. The Labute approximate surface area is 158 Å². The second-order valence-electron chi connectivity index (χ2n) is 7.37. The van der Waals surface area contributed by atoms with Gasteiger partial charge >= 0.3 is 6.61 Å². The molecule has 0 aliphatic rings. The van der Waals surface area contributed by atoms with Gasteiger partial charge in [0.25, 0.3) is 0 Å². The van der Waals surface area contributed by atoms with Crippen LogP contribution in [0.3, 0.4) is 0 Å². The van der Waals surface area contributed by atoms with Gasteiger partial charge in [0.2, 0.25) is 10.0 Å². The van der Waals surface area contributed by atoms with Crippen molar-refractivity contribution >= 4 is 10.0 Å². The molecule has 150 valence electrons. The van der Waals surface area contributed by atoms with Gasteiger partial charge in [0.05, 0.1) is 16.9 Å². The van der Waals surface area contributed by atoms with Crippen molar-refractivity contribution in [3.63, 3.8) is 0 Å². The van der Waals surface area contributed by atoms with Gasteiger partial charge in [-0.15, -0.1) is 0 Å². The third kappa shape index (κ3) is 4.84. The quantitative estimate of drug-likeness (QED) is 0.797. The number of nitrogens with zero attached hydrogens (tertiary/aromatic N) is 2. The van der Waals surface area contributed by atoms with Crippen molar-refractivity contribution < 1.29 is 21.9 Å². The fourth-order valence-corrected chi connectivity index (χ4v) is 4.59. The Bertz CT molecular complexity index is 901. The van der Waals surface area contributed by atoms with E-state index in [9.17, 15) is 17.2 Å². The molecule has 9 heteroatoms. The molecule has 0 saturated heterocycles. The molecule has 0 aliphatic heterocycles. The number of aromatic nitrogens is 2. The Morgan fingerprint density at radius 1 is 1.15 bits per heavy atom. The van der Waals surface area contributed by atoms with Gasteiger partial charge in [0.1, 0.15) is 10.6 Å². The summed E-state index contributed by atoms with van der Waals surface area (Å²) in [6.45, 7) is 7.99. The molecule has 1 aromatic heterocycles. The Hall–Kier alpha value is -2.00. The molecule has 2 rings (SSSR count). The van der Waals surface area contributed by atoms with Gasteiger partial charge < -0.3 is 4.74 Å². The van der Waals surface area contributed by atoms with E-state index in [1.807, 2.05) is 20.8 Å². The van der Waals surface area contributed by atoms with E-state index in [1.165, 1.54) is 12.1 Å². The summed E-state index contributed by atoms with van der Waals surface area (Å²) in [6.07, 6.45) is 0. The van der Waals surface area contributed by atoms with E-state index < -0.39 is 22.7 Å². The van der Waals surface area contributed by atoms with E-state index in [2.05, 4.69) is 14.6 Å². The lowest BCUT2D eigenvalue weighted by Gasteiger charge is -2.21. The van der Waals surface area contributed by atoms with Gasteiger partial charge in [-0.3, -0.25) is 4.68 Å². The number of ether oxygens (including phenoxy) is 1. The second-order valence-corrected chi connectivity index (χ2v) is 9.02. The van der Waals surface area contributed by atoms with Crippen LogP contribution in [0.4, 0.5) is 8.78 Å². The van der Waals surface area contributed by atoms with Crippen LogP contribution in [0.2, 0.25) is 0 Å². The van der Waals surface area contributed by atoms with Gasteiger partial charge in [0, 0.05) is 6.04 Å². The van der Waals surface area contributed by atoms with Crippen LogP contribution in [0.1, 0.15) is 50.7 Å². The molecule has 1 heterocycles. The Morgan fingerprint density at radius 2 is 1.70 bits per heavy atom. The molecule has 2 aromatic rings. The van der Waals surface area contributed by atoms with Crippen molar-refractivity contribution in [3.8, 4) is 5.75 Å². The third-order valence-electron chi connectivity index (χ3n) is 4.07. The summed E-state index contributed by atoms with van der Waals surface area (Å²) in [6, 6.07) is 5.28. The Balaban J connectivity index is 2.27. The van der Waals surface area contributed by atoms with Crippen LogP contribution in [-0.2, 0) is 15.6 Å². The number of alkyl halides is 2. The van der Waals surface area contributed by atoms with E-state index in [1.54, 1.807) is 37.6 Å². The predicted molar refractivity (Wildman–Crippen MR) is 98.5 cm³/mol. The molecule has 6 nitrogen and oxygen atoms in total. The van der Waals surface area contributed by atoms with Crippen LogP contribution in [0.15, 0.2) is 29.2 Å². The minimum Gasteiger partial charge on any atom is -0.435 e. The zero-order chi connectivity index (χ0) is 20.6. The number of hydrogen-bond donors (Lipinski definition) is 1. The zero-order valence-corrected chi connectivity index (χ0v) is 17.1. The lowest BCUT2D eigenvalue weighted by Crippen LogP contribution is -2.28. The minimum absolute atomic E-state index is 0.0157. The molecule has 1 atom stereocenters. The molecule has 0 amide bonds. The Morgan fingerprint density at radius 3 is 2.15 bits per heavy atom. The molecule has 0 spiro atoms. The fourth-order valence-electron chi connectivity index (χ4n) is 2.97. The maximum absolute atomic E-state index is 12.9. The minimum atomic E-state index is -3.82. The highest BCUT2D eigenvalue weighted by atomic mass is 32.2. The molecule has 0 fully saturated rings. The summed E-state index contributed by atoms with van der Waals surface area (Å²) in [5.41, 5.74) is 1.25. The van der Waals surface area contributed by atoms with E-state index >= 15 is 0 Å². The van der Waals surface area contributed by atoms with Crippen molar-refractivity contribution in [2.24, 2.45) is 0 Å². The van der Waals surface area contributed by atoms with Crippen molar-refractivity contribution in [2.45, 2.75) is 64.6 Å². The molecule has 0 radical (unpaired) electrons. The third-order valence-corrected chi connectivity index (χ3v) is 5.86. The summed E-state index contributed by atoms with van der Waals surface area (Å²) >= 11 is 0. The average molecular weight is 401 g/mol. The van der Waals surface area contributed by atoms with Crippen LogP contribution in [0.25, 0.3) is 0 Å². The van der Waals surface area contributed by atoms with E-state index in [-0.39, 0.29) is 16.2 Å². The fraction of sp³-hybridized carbons (Fsp3) is 0.500. The highest BCUT2D eigenvalue weighted by Gasteiger charge is 2.29. The molecular formula is C18H25F2N3O3S. The molecule has 0 bridgehead atoms. The molecule has 27 heavy (non-hydrogen) atoms. The van der Waals surface area contributed by atoms with Crippen LogP contribution in [0.5, 0.6) is 5.75 Å². The highest BCUT2D eigenvalue weighted by molar-refractivity contribution is 7.89. The molecular weight excluding hydrogens is 376 g/mol. The maximum atomic E-state index is 12.9. The van der Waals surface area contributed by atoms with Crippen molar-refractivity contribution in [1.82, 2.24) is 14.5 Å². The predicted octanol–water partition coefficient (Wildman–Crippen LogP) is 3.90. The van der Waals surface area contributed by atoms with Gasteiger partial charge in [0.15, 0.2) is 0 Å². The standard InChI is InChI=1S/C18H25F2N3O3S/c1-11(14-7-9-15(10-8-14)26-17(19)20)22-27(24,25)16-12(2)21-23(13(16)3)18(4,5)6/h7-11,17,22H,1-6H3. The molecule has 0 aliphatic carbocycles. The first-order chi connectivity index (χ1) is 12.3. The monoisotopic (exact) mass is 401 g/mol. The lowest BCUT2D eigenvalue weighted by molar-refractivity contribution is -0.0498. The number of halogens is 2. The first-order valence-corrected chi connectivity index (χ1v) is 9.95. The smallest absolute Gasteiger partial charge is 0.387 e. The molecule has 1 unspecified atom stereocenters. The zero-order valence-electron chi connectivity index (χ0n) is 16.2. The van der Waals surface area contributed by atoms with Crippen LogP contribution < -0.4 is 9.46 Å². The summed E-state index contributed by atoms with van der Waals surface area (Å²) in [7, 11) is -3.82. The first kappa shape index (κ1) is 21.3. The molecule has 1 N–H and O–H groups in total. The summed E-state index contributed by atoms with van der Waals surface area (Å²) in [5.74, 6) is 0.0157. The van der Waals surface area contributed by atoms with Crippen molar-refractivity contribution in [2.75, 3.05) is 0 Å². The topological polar surface area (TPSA) is 73.2 Å². The number of rotatable bonds is 6. The highest BCUT2D eigenvalue weighted by Crippen LogP contribution is 2.27. The van der Waals surface area contributed by atoms with Gasteiger partial charge in [-0.25, -0.2) is 13.1 Å². The van der Waals surface area contributed by atoms with Crippen LogP contribution >= 0.6 is 0 Å². The normalized spacial score (nSPS) is 13.8. The van der Waals surface area contributed by atoms with Gasteiger partial charge in [-0.05, 0) is 59.2 Å². The van der Waals surface area contributed by atoms with Crippen LogP contribution in [-0.4, -0.2) is 24.8 Å². The number of sulfonamides is 1. The lowest BCUT2D eigenvalue weighted by atomic mass is 10.1. The number of aryl methyl sites for hydroxylation is 1. The van der Waals surface area contributed by atoms with E-state index in [4.69, 9.17) is 0 Å². The first-order valence-electron chi connectivity index (χ1n) is 8.46. The van der Waals surface area contributed by atoms with Crippen LogP contribution in [0, 0.1) is 13.8 Å². The van der Waals surface area contributed by atoms with Crippen molar-refractivity contribution in [1.29, 1.82) is 0 Å². The number of benzene rings is 1. The average Bonchev–Trinajstić information content (AvgIpc) is 2.82. The number of nitrogens with one attached hydrogen (secondary N) is 1. The summed E-state index contributed by atoms with van der Waals surface area (Å²) in [4.78, 5) is 0.155. The second kappa shape index (κ2) is 7.55. The Kier molecular flexibility index (Phi) is 5.96. The molecule has 0 saturated carbocycles. The van der Waals surface area contributed by atoms with Gasteiger partial charge in [-0.2, -0.15) is 13.9 Å². The molecule has 1 aromatic carbocycles. The van der Waals surface area contributed by atoms with Gasteiger partial charge in [-0.1, -0.05) is 12.1 Å². The van der Waals surface area contributed by atoms with E-state index in [0.29, 0.717) is 17.0 Å². The van der Waals surface area contributed by atoms with Crippen molar-refractivity contribution in [3.05, 3.63) is 41.2 Å².